The first-order valence-electron chi connectivity index (χ1n) is 9.80. The number of fused-ring (bicyclic) bond motifs is 1. The molecule has 1 atom stereocenters. The van der Waals surface area contributed by atoms with Gasteiger partial charge in [-0.15, -0.1) is 0 Å². The second-order valence-corrected chi connectivity index (χ2v) is 7.38. The summed E-state index contributed by atoms with van der Waals surface area (Å²) in [5.41, 5.74) is 4.66. The monoisotopic (exact) mass is 393 g/mol. The molecule has 0 bridgehead atoms. The van der Waals surface area contributed by atoms with Crippen LogP contribution in [0.1, 0.15) is 39.3 Å². The van der Waals surface area contributed by atoms with Crippen molar-refractivity contribution < 1.29 is 9.18 Å². The number of hydrogen-bond acceptors (Lipinski definition) is 4. The Bertz CT molecular complexity index is 984. The lowest BCUT2D eigenvalue weighted by molar-refractivity contribution is 0.0944. The standard InChI is InChI=1S/C22H24FN5O/c1-28-20-7-6-18(25-13-16-8-10-24-11-9-16)12-19(20)21(27-28)22(29)26-14-15-2-4-17(23)5-3-15/h2-5,8-11,18,25H,6-7,12-14H2,1H3,(H,26,29). The van der Waals surface area contributed by atoms with Crippen LogP contribution in [0, 0.1) is 5.82 Å². The highest BCUT2D eigenvalue weighted by Gasteiger charge is 2.28. The highest BCUT2D eigenvalue weighted by molar-refractivity contribution is 5.94. The van der Waals surface area contributed by atoms with Gasteiger partial charge in [-0.2, -0.15) is 5.10 Å². The van der Waals surface area contributed by atoms with E-state index >= 15 is 0 Å². The molecular formula is C22H24FN5O. The van der Waals surface area contributed by atoms with Crippen LogP contribution in [0.4, 0.5) is 4.39 Å². The molecule has 29 heavy (non-hydrogen) atoms. The first kappa shape index (κ1) is 19.3. The van der Waals surface area contributed by atoms with Gasteiger partial charge in [0.2, 0.25) is 0 Å². The lowest BCUT2D eigenvalue weighted by Gasteiger charge is -2.24. The van der Waals surface area contributed by atoms with Crippen LogP contribution in [0.3, 0.4) is 0 Å². The average Bonchev–Trinajstić information content (AvgIpc) is 3.08. The number of nitrogens with zero attached hydrogens (tertiary/aromatic N) is 3. The molecule has 0 saturated carbocycles. The normalized spacial score (nSPS) is 15.7. The van der Waals surface area contributed by atoms with Crippen molar-refractivity contribution in [2.75, 3.05) is 0 Å². The molecule has 3 aromatic rings. The molecular weight excluding hydrogens is 369 g/mol. The summed E-state index contributed by atoms with van der Waals surface area (Å²) in [6.45, 7) is 1.11. The van der Waals surface area contributed by atoms with E-state index in [1.54, 1.807) is 24.5 Å². The Kier molecular flexibility index (Phi) is 5.67. The van der Waals surface area contributed by atoms with Gasteiger partial charge in [0.25, 0.3) is 5.91 Å². The third kappa shape index (κ3) is 4.51. The zero-order valence-corrected chi connectivity index (χ0v) is 16.4. The number of rotatable bonds is 6. The number of nitrogens with one attached hydrogen (secondary N) is 2. The van der Waals surface area contributed by atoms with Crippen molar-refractivity contribution in [3.8, 4) is 0 Å². The van der Waals surface area contributed by atoms with Crippen molar-refractivity contribution in [1.82, 2.24) is 25.4 Å². The quantitative estimate of drug-likeness (QED) is 0.675. The number of aromatic nitrogens is 3. The van der Waals surface area contributed by atoms with Crippen LogP contribution in [-0.4, -0.2) is 26.7 Å². The topological polar surface area (TPSA) is 71.8 Å². The average molecular weight is 393 g/mol. The summed E-state index contributed by atoms with van der Waals surface area (Å²) in [6.07, 6.45) is 6.25. The minimum atomic E-state index is -0.288. The maximum absolute atomic E-state index is 13.0. The molecule has 1 unspecified atom stereocenters. The summed E-state index contributed by atoms with van der Waals surface area (Å²) in [5, 5.41) is 11.0. The number of carbonyl (C=O) groups is 1. The highest BCUT2D eigenvalue weighted by Crippen LogP contribution is 2.24. The fraction of sp³-hybridized carbons (Fsp3) is 0.318. The van der Waals surface area contributed by atoms with E-state index in [0.717, 1.165) is 42.6 Å². The fourth-order valence-electron chi connectivity index (χ4n) is 3.78. The van der Waals surface area contributed by atoms with Gasteiger partial charge in [-0.1, -0.05) is 12.1 Å². The smallest absolute Gasteiger partial charge is 0.272 e. The first-order valence-corrected chi connectivity index (χ1v) is 9.80. The Morgan fingerprint density at radius 2 is 1.86 bits per heavy atom. The molecule has 2 N–H and O–H groups in total. The Morgan fingerprint density at radius 1 is 1.14 bits per heavy atom. The molecule has 0 aliphatic heterocycles. The fourth-order valence-corrected chi connectivity index (χ4v) is 3.78. The largest absolute Gasteiger partial charge is 0.347 e. The molecule has 0 radical (unpaired) electrons. The molecule has 1 amide bonds. The predicted octanol–water partition coefficient (Wildman–Crippen LogP) is 2.53. The van der Waals surface area contributed by atoms with Crippen LogP contribution in [-0.2, 0) is 33.0 Å². The van der Waals surface area contributed by atoms with Gasteiger partial charge >= 0.3 is 0 Å². The van der Waals surface area contributed by atoms with E-state index in [9.17, 15) is 9.18 Å². The van der Waals surface area contributed by atoms with E-state index in [2.05, 4.69) is 20.7 Å². The molecule has 1 aliphatic rings. The van der Waals surface area contributed by atoms with Gasteiger partial charge in [0.1, 0.15) is 5.82 Å². The minimum Gasteiger partial charge on any atom is -0.347 e. The van der Waals surface area contributed by atoms with Gasteiger partial charge in [0.05, 0.1) is 0 Å². The lowest BCUT2D eigenvalue weighted by Crippen LogP contribution is -2.35. The molecule has 0 fully saturated rings. The van der Waals surface area contributed by atoms with Crippen molar-refractivity contribution in [1.29, 1.82) is 0 Å². The van der Waals surface area contributed by atoms with Gasteiger partial charge in [-0.25, -0.2) is 4.39 Å². The zero-order chi connectivity index (χ0) is 20.2. The SMILES string of the molecule is Cn1nc(C(=O)NCc2ccc(F)cc2)c2c1CCC(NCc1ccncc1)C2. The van der Waals surface area contributed by atoms with Gasteiger partial charge in [-0.05, 0) is 54.7 Å². The number of aryl methyl sites for hydroxylation is 1. The summed E-state index contributed by atoms with van der Waals surface area (Å²) >= 11 is 0. The van der Waals surface area contributed by atoms with Crippen LogP contribution in [0.2, 0.25) is 0 Å². The Hall–Kier alpha value is -3.06. The van der Waals surface area contributed by atoms with E-state index in [-0.39, 0.29) is 11.7 Å². The van der Waals surface area contributed by atoms with Gasteiger partial charge in [-0.3, -0.25) is 14.5 Å². The number of benzene rings is 1. The van der Waals surface area contributed by atoms with E-state index in [4.69, 9.17) is 0 Å². The van der Waals surface area contributed by atoms with Crippen LogP contribution in [0.25, 0.3) is 0 Å². The summed E-state index contributed by atoms with van der Waals surface area (Å²) in [5.74, 6) is -0.481. The number of carbonyl (C=O) groups excluding carboxylic acids is 1. The summed E-state index contributed by atoms with van der Waals surface area (Å²) < 4.78 is 14.9. The van der Waals surface area contributed by atoms with Crippen molar-refractivity contribution in [2.45, 2.75) is 38.4 Å². The number of pyridine rings is 1. The van der Waals surface area contributed by atoms with Gasteiger partial charge < -0.3 is 10.6 Å². The van der Waals surface area contributed by atoms with Crippen molar-refractivity contribution >= 4 is 5.91 Å². The van der Waals surface area contributed by atoms with Gasteiger partial charge in [0.15, 0.2) is 5.69 Å². The highest BCUT2D eigenvalue weighted by atomic mass is 19.1. The summed E-state index contributed by atoms with van der Waals surface area (Å²) in [4.78, 5) is 16.8. The van der Waals surface area contributed by atoms with Crippen molar-refractivity contribution in [2.24, 2.45) is 7.05 Å². The molecule has 2 heterocycles. The molecule has 6 nitrogen and oxygen atoms in total. The molecule has 7 heteroatoms. The second-order valence-electron chi connectivity index (χ2n) is 7.38. The third-order valence-corrected chi connectivity index (χ3v) is 5.38. The van der Waals surface area contributed by atoms with E-state index in [0.29, 0.717) is 18.3 Å². The summed E-state index contributed by atoms with van der Waals surface area (Å²) in [6, 6.07) is 10.4. The van der Waals surface area contributed by atoms with Crippen molar-refractivity contribution in [3.63, 3.8) is 0 Å². The molecule has 150 valence electrons. The Labute approximate surface area is 169 Å². The lowest BCUT2D eigenvalue weighted by atomic mass is 9.91. The van der Waals surface area contributed by atoms with Gasteiger partial charge in [0, 0.05) is 49.8 Å². The predicted molar refractivity (Wildman–Crippen MR) is 108 cm³/mol. The number of amides is 1. The van der Waals surface area contributed by atoms with Crippen LogP contribution >= 0.6 is 0 Å². The third-order valence-electron chi connectivity index (χ3n) is 5.38. The van der Waals surface area contributed by atoms with E-state index in [1.165, 1.54) is 17.7 Å². The first-order chi connectivity index (χ1) is 14.1. The molecule has 1 aromatic carbocycles. The summed E-state index contributed by atoms with van der Waals surface area (Å²) in [7, 11) is 1.89. The Morgan fingerprint density at radius 3 is 2.62 bits per heavy atom. The Balaban J connectivity index is 1.42. The second kappa shape index (κ2) is 8.53. The van der Waals surface area contributed by atoms with Crippen LogP contribution < -0.4 is 10.6 Å². The number of hydrogen-bond donors (Lipinski definition) is 2. The molecule has 0 saturated heterocycles. The maximum Gasteiger partial charge on any atom is 0.272 e. The molecule has 4 rings (SSSR count). The van der Waals surface area contributed by atoms with E-state index in [1.807, 2.05) is 23.9 Å². The number of halogens is 1. The zero-order valence-electron chi connectivity index (χ0n) is 16.4. The van der Waals surface area contributed by atoms with Crippen molar-refractivity contribution in [3.05, 3.63) is 82.7 Å². The van der Waals surface area contributed by atoms with E-state index < -0.39 is 0 Å². The van der Waals surface area contributed by atoms with Crippen LogP contribution in [0.5, 0.6) is 0 Å². The molecule has 2 aromatic heterocycles. The molecule has 0 spiro atoms. The molecule has 1 aliphatic carbocycles. The van der Waals surface area contributed by atoms with Crippen LogP contribution in [0.15, 0.2) is 48.8 Å². The maximum atomic E-state index is 13.0. The minimum absolute atomic E-state index is 0.194.